The number of likely N-dealkylation sites (tertiary alicyclic amines) is 2. The van der Waals surface area contributed by atoms with Gasteiger partial charge in [-0.1, -0.05) is 54.8 Å². The summed E-state index contributed by atoms with van der Waals surface area (Å²) in [5.74, 6) is 0. The Labute approximate surface area is 150 Å². The van der Waals surface area contributed by atoms with Crippen molar-refractivity contribution in [3.8, 4) is 0 Å². The molecule has 2 saturated heterocycles. The molecule has 3 rings (SSSR count). The van der Waals surface area contributed by atoms with E-state index in [0.29, 0.717) is 6.04 Å². The Kier molecular flexibility index (Phi) is 6.73. The summed E-state index contributed by atoms with van der Waals surface area (Å²) in [6.07, 6.45) is 8.03. The lowest BCUT2D eigenvalue weighted by Gasteiger charge is -2.41. The molecule has 0 saturated carbocycles. The second-order valence-electron chi connectivity index (χ2n) is 7.11. The van der Waals surface area contributed by atoms with Crippen molar-refractivity contribution in [2.45, 2.75) is 44.2 Å². The zero-order chi connectivity index (χ0) is 16.8. The molecular formula is C20H29ClN2O. The van der Waals surface area contributed by atoms with Gasteiger partial charge < -0.3 is 5.11 Å². The molecule has 2 atom stereocenters. The fourth-order valence-corrected chi connectivity index (χ4v) is 4.27. The van der Waals surface area contributed by atoms with E-state index < -0.39 is 0 Å². The number of nitrogens with zero attached hydrogens (tertiary/aromatic N) is 2. The van der Waals surface area contributed by atoms with Crippen LogP contribution in [0.3, 0.4) is 0 Å². The maximum absolute atomic E-state index is 10.6. The predicted octanol–water partition coefficient (Wildman–Crippen LogP) is 3.58. The number of aliphatic hydroxyl groups is 1. The molecule has 0 amide bonds. The molecule has 1 aromatic rings. The van der Waals surface area contributed by atoms with E-state index in [1.165, 1.54) is 25.7 Å². The van der Waals surface area contributed by atoms with Crippen molar-refractivity contribution < 1.29 is 5.11 Å². The maximum Gasteiger partial charge on any atom is 0.0822 e. The van der Waals surface area contributed by atoms with Crippen LogP contribution in [0.1, 0.15) is 37.7 Å². The monoisotopic (exact) mass is 348 g/mol. The molecule has 2 aliphatic heterocycles. The fourth-order valence-electron chi connectivity index (χ4n) is 3.97. The van der Waals surface area contributed by atoms with Crippen LogP contribution in [0.2, 0.25) is 0 Å². The molecule has 1 aromatic carbocycles. The first-order valence-corrected chi connectivity index (χ1v) is 9.66. The van der Waals surface area contributed by atoms with Crippen molar-refractivity contribution in [2.75, 3.05) is 32.7 Å². The second-order valence-corrected chi connectivity index (χ2v) is 7.60. The molecule has 0 aromatic heterocycles. The molecule has 0 unspecified atom stereocenters. The Hall–Kier alpha value is -0.870. The molecule has 132 valence electrons. The van der Waals surface area contributed by atoms with E-state index in [1.807, 2.05) is 24.3 Å². The van der Waals surface area contributed by atoms with Gasteiger partial charge >= 0.3 is 0 Å². The van der Waals surface area contributed by atoms with Gasteiger partial charge in [0, 0.05) is 30.7 Å². The quantitative estimate of drug-likeness (QED) is 0.901. The molecule has 4 heteroatoms. The molecule has 0 bridgehead atoms. The first kappa shape index (κ1) is 17.9. The number of hydrogen-bond acceptors (Lipinski definition) is 3. The normalized spacial score (nSPS) is 27.8. The van der Waals surface area contributed by atoms with E-state index in [-0.39, 0.29) is 6.10 Å². The van der Waals surface area contributed by atoms with Gasteiger partial charge in [-0.25, -0.2) is 0 Å². The summed E-state index contributed by atoms with van der Waals surface area (Å²) in [5.41, 5.74) is 1.13. The SMILES string of the molecule is O[C@@H]1CN(C/C(Cl)=C/c2ccccc2)CC[C@H]1N1CCCCCC1. The van der Waals surface area contributed by atoms with Crippen LogP contribution in [-0.4, -0.2) is 59.8 Å². The topological polar surface area (TPSA) is 26.7 Å². The van der Waals surface area contributed by atoms with Crippen molar-refractivity contribution in [2.24, 2.45) is 0 Å². The van der Waals surface area contributed by atoms with Crippen LogP contribution in [0.4, 0.5) is 0 Å². The predicted molar refractivity (Wildman–Crippen MR) is 101 cm³/mol. The minimum absolute atomic E-state index is 0.266. The summed E-state index contributed by atoms with van der Waals surface area (Å²) < 4.78 is 0. The van der Waals surface area contributed by atoms with Gasteiger partial charge in [0.2, 0.25) is 0 Å². The Morgan fingerprint density at radius 3 is 2.46 bits per heavy atom. The minimum Gasteiger partial charge on any atom is -0.390 e. The van der Waals surface area contributed by atoms with Crippen LogP contribution in [0.25, 0.3) is 6.08 Å². The highest BCUT2D eigenvalue weighted by Gasteiger charge is 2.32. The third-order valence-corrected chi connectivity index (χ3v) is 5.47. The molecule has 0 aliphatic carbocycles. The van der Waals surface area contributed by atoms with Gasteiger partial charge in [0.25, 0.3) is 0 Å². The van der Waals surface area contributed by atoms with Gasteiger partial charge in [0.15, 0.2) is 0 Å². The number of benzene rings is 1. The van der Waals surface area contributed by atoms with Crippen LogP contribution >= 0.6 is 11.6 Å². The lowest BCUT2D eigenvalue weighted by molar-refractivity contribution is -0.00891. The molecular weight excluding hydrogens is 320 g/mol. The van der Waals surface area contributed by atoms with Crippen LogP contribution < -0.4 is 0 Å². The number of halogens is 1. The van der Waals surface area contributed by atoms with Gasteiger partial charge in [-0.2, -0.15) is 0 Å². The molecule has 0 radical (unpaired) electrons. The number of piperidine rings is 1. The lowest BCUT2D eigenvalue weighted by atomic mass is 9.99. The summed E-state index contributed by atoms with van der Waals surface area (Å²) >= 11 is 6.43. The molecule has 3 nitrogen and oxygen atoms in total. The Balaban J connectivity index is 1.52. The molecule has 2 aliphatic rings. The van der Waals surface area contributed by atoms with Crippen molar-refractivity contribution in [1.29, 1.82) is 0 Å². The van der Waals surface area contributed by atoms with Crippen molar-refractivity contribution in [1.82, 2.24) is 9.80 Å². The number of hydrogen-bond donors (Lipinski definition) is 1. The van der Waals surface area contributed by atoms with Crippen LogP contribution in [-0.2, 0) is 0 Å². The number of aliphatic hydroxyl groups excluding tert-OH is 1. The minimum atomic E-state index is -0.266. The second kappa shape index (κ2) is 9.00. The average molecular weight is 349 g/mol. The summed E-state index contributed by atoms with van der Waals surface area (Å²) in [6, 6.07) is 10.5. The Morgan fingerprint density at radius 1 is 1.08 bits per heavy atom. The Bertz CT molecular complexity index is 526. The molecule has 1 N–H and O–H groups in total. The highest BCUT2D eigenvalue weighted by Crippen LogP contribution is 2.22. The molecule has 2 heterocycles. The summed E-state index contributed by atoms with van der Waals surface area (Å²) in [4.78, 5) is 4.80. The van der Waals surface area contributed by atoms with Gasteiger partial charge in [0.1, 0.15) is 0 Å². The number of β-amino-alcohol motifs (C(OH)–C–C–N with tert-alkyl or cyclic N) is 1. The highest BCUT2D eigenvalue weighted by atomic mass is 35.5. The van der Waals surface area contributed by atoms with Crippen molar-refractivity contribution in [3.63, 3.8) is 0 Å². The van der Waals surface area contributed by atoms with Crippen molar-refractivity contribution >= 4 is 17.7 Å². The number of rotatable bonds is 4. The van der Waals surface area contributed by atoms with Crippen LogP contribution in [0.5, 0.6) is 0 Å². The molecule has 2 fully saturated rings. The van der Waals surface area contributed by atoms with E-state index >= 15 is 0 Å². The van der Waals surface area contributed by atoms with Gasteiger partial charge in [0.05, 0.1) is 6.10 Å². The maximum atomic E-state index is 10.6. The summed E-state index contributed by atoms with van der Waals surface area (Å²) in [5, 5.41) is 11.5. The fraction of sp³-hybridized carbons (Fsp3) is 0.600. The highest BCUT2D eigenvalue weighted by molar-refractivity contribution is 6.31. The van der Waals surface area contributed by atoms with Crippen LogP contribution in [0.15, 0.2) is 35.4 Å². The van der Waals surface area contributed by atoms with Gasteiger partial charge in [-0.3, -0.25) is 9.80 Å². The Morgan fingerprint density at radius 2 is 1.79 bits per heavy atom. The van der Waals surface area contributed by atoms with Gasteiger partial charge in [-0.05, 0) is 44.0 Å². The van der Waals surface area contributed by atoms with Crippen molar-refractivity contribution in [3.05, 3.63) is 40.9 Å². The standard InChI is InChI=1S/C20H29ClN2O/c21-18(14-17-8-4-3-5-9-17)15-22-13-10-19(20(24)16-22)23-11-6-1-2-7-12-23/h3-5,8-9,14,19-20,24H,1-2,6-7,10-13,15-16H2/b18-14-/t19-,20-/m1/s1. The summed E-state index contributed by atoms with van der Waals surface area (Å²) in [7, 11) is 0. The third kappa shape index (κ3) is 5.06. The smallest absolute Gasteiger partial charge is 0.0822 e. The summed E-state index contributed by atoms with van der Waals surface area (Å²) in [6.45, 7) is 4.75. The van der Waals surface area contributed by atoms with E-state index in [2.05, 4.69) is 21.9 Å². The third-order valence-electron chi connectivity index (χ3n) is 5.24. The first-order chi connectivity index (χ1) is 11.7. The zero-order valence-electron chi connectivity index (χ0n) is 14.4. The largest absolute Gasteiger partial charge is 0.390 e. The van der Waals surface area contributed by atoms with E-state index in [1.54, 1.807) is 0 Å². The lowest BCUT2D eigenvalue weighted by Crippen LogP contribution is -2.54. The van der Waals surface area contributed by atoms with Crippen LogP contribution in [0, 0.1) is 0 Å². The van der Waals surface area contributed by atoms with E-state index in [9.17, 15) is 5.11 Å². The first-order valence-electron chi connectivity index (χ1n) is 9.28. The molecule has 0 spiro atoms. The van der Waals surface area contributed by atoms with Gasteiger partial charge in [-0.15, -0.1) is 0 Å². The average Bonchev–Trinajstić information content (AvgIpc) is 2.85. The zero-order valence-corrected chi connectivity index (χ0v) is 15.2. The van der Waals surface area contributed by atoms with E-state index in [0.717, 1.165) is 49.7 Å². The van der Waals surface area contributed by atoms with E-state index in [4.69, 9.17) is 11.6 Å². The molecule has 24 heavy (non-hydrogen) atoms.